The zero-order valence-corrected chi connectivity index (χ0v) is 20.4. The van der Waals surface area contributed by atoms with Crippen LogP contribution >= 0.6 is 0 Å². The first-order valence-electron chi connectivity index (χ1n) is 12.1. The van der Waals surface area contributed by atoms with E-state index >= 15 is 0 Å². The van der Waals surface area contributed by atoms with E-state index in [4.69, 9.17) is 9.47 Å². The Morgan fingerprint density at radius 1 is 0.711 bits per heavy atom. The number of amides is 1. The van der Waals surface area contributed by atoms with Crippen molar-refractivity contribution in [1.29, 1.82) is 0 Å². The number of rotatable bonds is 8. The highest BCUT2D eigenvalue weighted by atomic mass is 16.5. The van der Waals surface area contributed by atoms with Crippen molar-refractivity contribution < 1.29 is 19.1 Å². The number of hydrogen-bond donors (Lipinski definition) is 1. The highest BCUT2D eigenvalue weighted by molar-refractivity contribution is 6.05. The number of hydrazone groups is 1. The summed E-state index contributed by atoms with van der Waals surface area (Å²) >= 11 is 0. The molecular formula is C32H24N2O4. The maximum absolute atomic E-state index is 12.7. The lowest BCUT2D eigenvalue weighted by atomic mass is 10.0. The first-order chi connectivity index (χ1) is 18.7. The highest BCUT2D eigenvalue weighted by Gasteiger charge is 2.12. The van der Waals surface area contributed by atoms with Crippen molar-refractivity contribution in [2.45, 2.75) is 6.61 Å². The summed E-state index contributed by atoms with van der Waals surface area (Å²) in [5.74, 6) is 0.331. The predicted molar refractivity (Wildman–Crippen MR) is 148 cm³/mol. The zero-order valence-electron chi connectivity index (χ0n) is 20.4. The van der Waals surface area contributed by atoms with Crippen LogP contribution in [-0.2, 0) is 6.61 Å². The molecule has 0 bridgehead atoms. The molecule has 38 heavy (non-hydrogen) atoms. The molecule has 0 unspecified atom stereocenters. The largest absolute Gasteiger partial charge is 0.489 e. The summed E-state index contributed by atoms with van der Waals surface area (Å²) in [5.41, 5.74) is 5.29. The van der Waals surface area contributed by atoms with Gasteiger partial charge in [-0.1, -0.05) is 66.7 Å². The molecule has 0 aliphatic carbocycles. The maximum Gasteiger partial charge on any atom is 0.344 e. The van der Waals surface area contributed by atoms with Gasteiger partial charge in [0.05, 0.1) is 11.8 Å². The Hall–Kier alpha value is -5.23. The Morgan fingerprint density at radius 2 is 1.39 bits per heavy atom. The van der Waals surface area contributed by atoms with Gasteiger partial charge in [-0.2, -0.15) is 5.10 Å². The molecule has 0 saturated heterocycles. The molecule has 1 N–H and O–H groups in total. The highest BCUT2D eigenvalue weighted by Crippen LogP contribution is 2.21. The van der Waals surface area contributed by atoms with Gasteiger partial charge < -0.3 is 9.47 Å². The molecular weight excluding hydrogens is 476 g/mol. The number of benzene rings is 5. The van der Waals surface area contributed by atoms with E-state index in [9.17, 15) is 9.59 Å². The van der Waals surface area contributed by atoms with Crippen molar-refractivity contribution in [3.8, 4) is 11.5 Å². The lowest BCUT2D eigenvalue weighted by molar-refractivity contribution is 0.0736. The van der Waals surface area contributed by atoms with Crippen LogP contribution in [0.5, 0.6) is 11.5 Å². The number of esters is 1. The van der Waals surface area contributed by atoms with Crippen LogP contribution in [0.4, 0.5) is 0 Å². The quantitative estimate of drug-likeness (QED) is 0.116. The lowest BCUT2D eigenvalue weighted by Gasteiger charge is -2.07. The van der Waals surface area contributed by atoms with Crippen LogP contribution < -0.4 is 14.9 Å². The van der Waals surface area contributed by atoms with Gasteiger partial charge in [0.1, 0.15) is 18.1 Å². The standard InChI is InChI=1S/C32H24N2O4/c35-31(26-15-19-27(20-16-26)37-22-24-7-2-1-3-8-24)34-33-21-23-13-17-28(18-14-23)38-32(36)30-12-6-10-25-9-4-5-11-29(25)30/h1-21H,22H2,(H,34,35). The number of nitrogens with one attached hydrogen (secondary N) is 1. The molecule has 6 nitrogen and oxygen atoms in total. The second-order valence-corrected chi connectivity index (χ2v) is 8.48. The Balaban J connectivity index is 1.13. The first kappa shape index (κ1) is 24.5. The molecule has 1 amide bonds. The molecule has 0 atom stereocenters. The van der Waals surface area contributed by atoms with Gasteiger partial charge in [-0.25, -0.2) is 10.2 Å². The molecule has 0 spiro atoms. The Morgan fingerprint density at radius 3 is 2.18 bits per heavy atom. The number of carbonyl (C=O) groups is 2. The van der Waals surface area contributed by atoms with Crippen LogP contribution in [0.3, 0.4) is 0 Å². The van der Waals surface area contributed by atoms with Gasteiger partial charge in [0.25, 0.3) is 5.91 Å². The van der Waals surface area contributed by atoms with Crippen LogP contribution in [0.1, 0.15) is 31.8 Å². The van der Waals surface area contributed by atoms with Gasteiger partial charge in [0, 0.05) is 5.56 Å². The molecule has 0 aromatic heterocycles. The van der Waals surface area contributed by atoms with Crippen molar-refractivity contribution in [2.75, 3.05) is 0 Å². The molecule has 0 radical (unpaired) electrons. The fourth-order valence-corrected chi connectivity index (χ4v) is 3.86. The second-order valence-electron chi connectivity index (χ2n) is 8.48. The minimum absolute atomic E-state index is 0.337. The molecule has 5 aromatic carbocycles. The van der Waals surface area contributed by atoms with E-state index in [-0.39, 0.29) is 5.91 Å². The maximum atomic E-state index is 12.7. The Labute approximate surface area is 220 Å². The van der Waals surface area contributed by atoms with E-state index in [0.717, 1.165) is 21.9 Å². The van der Waals surface area contributed by atoms with E-state index in [2.05, 4.69) is 10.5 Å². The summed E-state index contributed by atoms with van der Waals surface area (Å²) in [5, 5.41) is 5.84. The van der Waals surface area contributed by atoms with Crippen molar-refractivity contribution in [2.24, 2.45) is 5.10 Å². The van der Waals surface area contributed by atoms with E-state index in [0.29, 0.717) is 29.2 Å². The van der Waals surface area contributed by atoms with Gasteiger partial charge in [0.15, 0.2) is 0 Å². The molecule has 0 fully saturated rings. The van der Waals surface area contributed by atoms with Crippen LogP contribution in [0.15, 0.2) is 126 Å². The van der Waals surface area contributed by atoms with Gasteiger partial charge in [-0.15, -0.1) is 0 Å². The summed E-state index contributed by atoms with van der Waals surface area (Å²) in [4.78, 5) is 25.1. The molecule has 0 aliphatic rings. The van der Waals surface area contributed by atoms with Crippen molar-refractivity contribution in [3.05, 3.63) is 144 Å². The number of ether oxygens (including phenoxy) is 2. The molecule has 5 rings (SSSR count). The number of fused-ring (bicyclic) bond motifs is 1. The SMILES string of the molecule is O=C(NN=Cc1ccc(OC(=O)c2cccc3ccccc23)cc1)c1ccc(OCc2ccccc2)cc1. The Kier molecular flexibility index (Phi) is 7.51. The van der Waals surface area contributed by atoms with Crippen LogP contribution in [0, 0.1) is 0 Å². The predicted octanol–water partition coefficient (Wildman–Crippen LogP) is 6.40. The van der Waals surface area contributed by atoms with E-state index in [1.54, 1.807) is 54.6 Å². The topological polar surface area (TPSA) is 77.0 Å². The molecule has 186 valence electrons. The van der Waals surface area contributed by atoms with Gasteiger partial charge in [-0.3, -0.25) is 4.79 Å². The molecule has 0 saturated carbocycles. The molecule has 0 aliphatic heterocycles. The van der Waals surface area contributed by atoms with Crippen LogP contribution in [-0.4, -0.2) is 18.1 Å². The third kappa shape index (κ3) is 6.12. The van der Waals surface area contributed by atoms with Crippen molar-refractivity contribution >= 4 is 28.9 Å². The molecule has 6 heteroatoms. The molecule has 5 aromatic rings. The van der Waals surface area contributed by atoms with Gasteiger partial charge in [0.2, 0.25) is 0 Å². The first-order valence-corrected chi connectivity index (χ1v) is 12.1. The van der Waals surface area contributed by atoms with E-state index < -0.39 is 5.97 Å². The van der Waals surface area contributed by atoms with Crippen molar-refractivity contribution in [1.82, 2.24) is 5.43 Å². The number of nitrogens with zero attached hydrogens (tertiary/aromatic N) is 1. The summed E-state index contributed by atoms with van der Waals surface area (Å²) < 4.78 is 11.3. The monoisotopic (exact) mass is 500 g/mol. The van der Waals surface area contributed by atoms with Crippen molar-refractivity contribution in [3.63, 3.8) is 0 Å². The minimum Gasteiger partial charge on any atom is -0.489 e. The Bertz CT molecular complexity index is 1570. The smallest absolute Gasteiger partial charge is 0.344 e. The summed E-state index contributed by atoms with van der Waals surface area (Å²) in [7, 11) is 0. The fraction of sp³-hybridized carbons (Fsp3) is 0.0312. The molecule has 0 heterocycles. The third-order valence-electron chi connectivity index (χ3n) is 5.84. The third-order valence-corrected chi connectivity index (χ3v) is 5.84. The zero-order chi connectivity index (χ0) is 26.2. The normalized spacial score (nSPS) is 10.8. The van der Waals surface area contributed by atoms with E-state index in [1.807, 2.05) is 66.7 Å². The number of hydrogen-bond acceptors (Lipinski definition) is 5. The van der Waals surface area contributed by atoms with Crippen LogP contribution in [0.25, 0.3) is 10.8 Å². The van der Waals surface area contributed by atoms with Gasteiger partial charge >= 0.3 is 5.97 Å². The summed E-state index contributed by atoms with van der Waals surface area (Å²) in [6.45, 7) is 0.456. The average Bonchev–Trinajstić information content (AvgIpc) is 2.97. The van der Waals surface area contributed by atoms with Crippen LogP contribution in [0.2, 0.25) is 0 Å². The second kappa shape index (κ2) is 11.7. The van der Waals surface area contributed by atoms with E-state index in [1.165, 1.54) is 6.21 Å². The average molecular weight is 501 g/mol. The lowest BCUT2D eigenvalue weighted by Crippen LogP contribution is -2.17. The summed E-state index contributed by atoms with van der Waals surface area (Å²) in [6, 6.07) is 36.8. The minimum atomic E-state index is -0.424. The number of carbonyl (C=O) groups excluding carboxylic acids is 2. The fourth-order valence-electron chi connectivity index (χ4n) is 3.86. The van der Waals surface area contributed by atoms with Gasteiger partial charge in [-0.05, 0) is 76.5 Å². The summed E-state index contributed by atoms with van der Waals surface area (Å²) in [6.07, 6.45) is 1.52.